The molecule has 0 bridgehead atoms. The first-order valence-corrected chi connectivity index (χ1v) is 6.76. The van der Waals surface area contributed by atoms with Crippen LogP contribution in [-0.4, -0.2) is 35.4 Å². The van der Waals surface area contributed by atoms with Gasteiger partial charge in [-0.2, -0.15) is 0 Å². The second-order valence-electron chi connectivity index (χ2n) is 5.07. The number of halogens is 1. The van der Waals surface area contributed by atoms with Gasteiger partial charge in [0.1, 0.15) is 10.8 Å². The van der Waals surface area contributed by atoms with E-state index < -0.39 is 5.82 Å². The van der Waals surface area contributed by atoms with E-state index in [1.807, 2.05) is 25.8 Å². The SMILES string of the molecule is CC(C)NC(=O)CN(C)Cc1ccc(F)c(C(N)=S)c1. The van der Waals surface area contributed by atoms with Gasteiger partial charge in [0.25, 0.3) is 0 Å². The lowest BCUT2D eigenvalue weighted by atomic mass is 10.1. The average molecular weight is 297 g/mol. The highest BCUT2D eigenvalue weighted by Gasteiger charge is 2.10. The Morgan fingerprint density at radius 3 is 2.70 bits per heavy atom. The van der Waals surface area contributed by atoms with Crippen molar-refractivity contribution in [2.75, 3.05) is 13.6 Å². The number of nitrogens with one attached hydrogen (secondary N) is 1. The summed E-state index contributed by atoms with van der Waals surface area (Å²) in [6.45, 7) is 4.61. The lowest BCUT2D eigenvalue weighted by Gasteiger charge is -2.18. The fourth-order valence-electron chi connectivity index (χ4n) is 1.84. The Labute approximate surface area is 124 Å². The van der Waals surface area contributed by atoms with Crippen LogP contribution in [-0.2, 0) is 11.3 Å². The molecule has 0 aliphatic heterocycles. The van der Waals surface area contributed by atoms with Gasteiger partial charge in [0.05, 0.1) is 6.54 Å². The highest BCUT2D eigenvalue weighted by molar-refractivity contribution is 7.80. The molecule has 0 saturated heterocycles. The van der Waals surface area contributed by atoms with E-state index in [2.05, 4.69) is 5.32 Å². The van der Waals surface area contributed by atoms with Crippen molar-refractivity contribution in [3.05, 3.63) is 35.1 Å². The molecule has 20 heavy (non-hydrogen) atoms. The summed E-state index contributed by atoms with van der Waals surface area (Å²) < 4.78 is 13.5. The lowest BCUT2D eigenvalue weighted by Crippen LogP contribution is -2.38. The Balaban J connectivity index is 2.66. The summed E-state index contributed by atoms with van der Waals surface area (Å²) in [4.78, 5) is 13.5. The van der Waals surface area contributed by atoms with Gasteiger partial charge in [0.2, 0.25) is 5.91 Å². The van der Waals surface area contributed by atoms with E-state index in [0.717, 1.165) is 5.56 Å². The Morgan fingerprint density at radius 2 is 2.15 bits per heavy atom. The zero-order valence-electron chi connectivity index (χ0n) is 11.9. The Kier molecular flexibility index (Phi) is 6.04. The summed E-state index contributed by atoms with van der Waals surface area (Å²) >= 11 is 4.80. The molecule has 0 aliphatic carbocycles. The van der Waals surface area contributed by atoms with E-state index in [0.29, 0.717) is 6.54 Å². The molecule has 6 heteroatoms. The minimum Gasteiger partial charge on any atom is -0.389 e. The number of nitrogens with two attached hydrogens (primary N) is 1. The molecule has 3 N–H and O–H groups in total. The topological polar surface area (TPSA) is 58.4 Å². The zero-order valence-corrected chi connectivity index (χ0v) is 12.8. The second-order valence-corrected chi connectivity index (χ2v) is 5.51. The van der Waals surface area contributed by atoms with Gasteiger partial charge in [-0.1, -0.05) is 18.3 Å². The molecule has 110 valence electrons. The maximum absolute atomic E-state index is 13.5. The van der Waals surface area contributed by atoms with Crippen LogP contribution in [0.1, 0.15) is 25.0 Å². The van der Waals surface area contributed by atoms with E-state index in [-0.39, 0.29) is 29.0 Å². The molecule has 0 aromatic heterocycles. The van der Waals surface area contributed by atoms with Gasteiger partial charge in [-0.25, -0.2) is 4.39 Å². The van der Waals surface area contributed by atoms with Crippen molar-refractivity contribution in [3.63, 3.8) is 0 Å². The lowest BCUT2D eigenvalue weighted by molar-refractivity contribution is -0.122. The first-order valence-electron chi connectivity index (χ1n) is 6.35. The second kappa shape index (κ2) is 7.31. The molecule has 0 spiro atoms. The first-order chi connectivity index (χ1) is 9.29. The van der Waals surface area contributed by atoms with Crippen molar-refractivity contribution in [2.24, 2.45) is 5.73 Å². The van der Waals surface area contributed by atoms with Gasteiger partial charge in [0, 0.05) is 18.2 Å². The number of benzene rings is 1. The van der Waals surface area contributed by atoms with Crippen LogP contribution in [0, 0.1) is 5.82 Å². The quantitative estimate of drug-likeness (QED) is 0.780. The third-order valence-electron chi connectivity index (χ3n) is 2.61. The first kappa shape index (κ1) is 16.5. The Morgan fingerprint density at radius 1 is 1.50 bits per heavy atom. The van der Waals surface area contributed by atoms with Gasteiger partial charge in [0.15, 0.2) is 0 Å². The summed E-state index contributed by atoms with van der Waals surface area (Å²) in [5, 5.41) is 2.82. The summed E-state index contributed by atoms with van der Waals surface area (Å²) in [5.41, 5.74) is 6.55. The van der Waals surface area contributed by atoms with Crippen LogP contribution in [0.15, 0.2) is 18.2 Å². The van der Waals surface area contributed by atoms with Gasteiger partial charge < -0.3 is 11.1 Å². The minimum absolute atomic E-state index is 0.0320. The highest BCUT2D eigenvalue weighted by Crippen LogP contribution is 2.12. The molecule has 0 unspecified atom stereocenters. The normalized spacial score (nSPS) is 10.9. The predicted molar refractivity (Wildman–Crippen MR) is 81.9 cm³/mol. The summed E-state index contributed by atoms with van der Waals surface area (Å²) in [6, 6.07) is 4.73. The van der Waals surface area contributed by atoms with E-state index in [4.69, 9.17) is 18.0 Å². The van der Waals surface area contributed by atoms with E-state index >= 15 is 0 Å². The number of likely N-dealkylation sites (N-methyl/N-ethyl adjacent to an activating group) is 1. The van der Waals surface area contributed by atoms with Crippen LogP contribution >= 0.6 is 12.2 Å². The Hall–Kier alpha value is -1.53. The third-order valence-corrected chi connectivity index (χ3v) is 2.83. The maximum Gasteiger partial charge on any atom is 0.234 e. The average Bonchev–Trinajstić information content (AvgIpc) is 2.29. The summed E-state index contributed by atoms with van der Waals surface area (Å²) in [5.74, 6) is -0.472. The Bertz CT molecular complexity index is 505. The maximum atomic E-state index is 13.5. The number of thiocarbonyl (C=S) groups is 1. The third kappa shape index (κ3) is 5.22. The fraction of sp³-hybridized carbons (Fsp3) is 0.429. The molecule has 1 amide bonds. The highest BCUT2D eigenvalue weighted by atomic mass is 32.1. The standard InChI is InChI=1S/C14H20FN3OS/c1-9(2)17-13(19)8-18(3)7-10-4-5-12(15)11(6-10)14(16)20/h4-6,9H,7-8H2,1-3H3,(H2,16,20)(H,17,19). The smallest absolute Gasteiger partial charge is 0.234 e. The van der Waals surface area contributed by atoms with Crippen molar-refractivity contribution in [1.82, 2.24) is 10.2 Å². The zero-order chi connectivity index (χ0) is 15.3. The molecule has 0 radical (unpaired) electrons. The summed E-state index contributed by atoms with van der Waals surface area (Å²) in [6.07, 6.45) is 0. The van der Waals surface area contributed by atoms with Crippen molar-refractivity contribution in [1.29, 1.82) is 0 Å². The van der Waals surface area contributed by atoms with Crippen LogP contribution in [0.4, 0.5) is 4.39 Å². The molecule has 1 aromatic carbocycles. The summed E-state index contributed by atoms with van der Waals surface area (Å²) in [7, 11) is 1.82. The van der Waals surface area contributed by atoms with Crippen LogP contribution in [0.25, 0.3) is 0 Å². The number of hydrogen-bond donors (Lipinski definition) is 2. The van der Waals surface area contributed by atoms with Crippen molar-refractivity contribution >= 4 is 23.1 Å². The molecule has 0 atom stereocenters. The minimum atomic E-state index is -0.429. The molecular weight excluding hydrogens is 277 g/mol. The van der Waals surface area contributed by atoms with Gasteiger partial charge >= 0.3 is 0 Å². The molecule has 0 fully saturated rings. The van der Waals surface area contributed by atoms with Crippen LogP contribution in [0.5, 0.6) is 0 Å². The predicted octanol–water partition coefficient (Wildman–Crippen LogP) is 1.42. The van der Waals surface area contributed by atoms with Gasteiger partial charge in [-0.05, 0) is 38.6 Å². The molecule has 0 heterocycles. The van der Waals surface area contributed by atoms with Crippen molar-refractivity contribution in [3.8, 4) is 0 Å². The van der Waals surface area contributed by atoms with Crippen LogP contribution in [0.3, 0.4) is 0 Å². The van der Waals surface area contributed by atoms with E-state index in [1.165, 1.54) is 6.07 Å². The molecule has 0 saturated carbocycles. The number of nitrogens with zero attached hydrogens (tertiary/aromatic N) is 1. The van der Waals surface area contributed by atoms with Gasteiger partial charge in [-0.15, -0.1) is 0 Å². The van der Waals surface area contributed by atoms with Crippen LogP contribution in [0.2, 0.25) is 0 Å². The molecule has 0 aliphatic rings. The molecule has 1 rings (SSSR count). The van der Waals surface area contributed by atoms with Gasteiger partial charge in [-0.3, -0.25) is 9.69 Å². The number of carbonyl (C=O) groups excluding carboxylic acids is 1. The molecule has 1 aromatic rings. The van der Waals surface area contributed by atoms with Crippen LogP contribution < -0.4 is 11.1 Å². The van der Waals surface area contributed by atoms with Crippen molar-refractivity contribution in [2.45, 2.75) is 26.4 Å². The number of hydrogen-bond acceptors (Lipinski definition) is 3. The monoisotopic (exact) mass is 297 g/mol. The molecular formula is C14H20FN3OS. The fourth-order valence-corrected chi connectivity index (χ4v) is 2.00. The number of carbonyl (C=O) groups is 1. The molecule has 4 nitrogen and oxygen atoms in total. The van der Waals surface area contributed by atoms with E-state index in [1.54, 1.807) is 12.1 Å². The number of rotatable bonds is 6. The van der Waals surface area contributed by atoms with Crippen molar-refractivity contribution < 1.29 is 9.18 Å². The van der Waals surface area contributed by atoms with E-state index in [9.17, 15) is 9.18 Å². The largest absolute Gasteiger partial charge is 0.389 e. The number of amides is 1.